The quantitative estimate of drug-likeness (QED) is 0.616. The average molecular weight is 280 g/mol. The molecule has 0 radical (unpaired) electrons. The highest BCUT2D eigenvalue weighted by Crippen LogP contribution is 2.21. The van der Waals surface area contributed by atoms with Gasteiger partial charge >= 0.3 is 0 Å². The fourth-order valence-electron chi connectivity index (χ4n) is 2.18. The fourth-order valence-corrected chi connectivity index (χ4v) is 2.18. The Morgan fingerprint density at radius 1 is 1.35 bits per heavy atom. The molecule has 0 saturated heterocycles. The molecular weight excluding hydrogens is 256 g/mol. The summed E-state index contributed by atoms with van der Waals surface area (Å²) < 4.78 is 0. The normalized spacial score (nSPS) is 14.6. The van der Waals surface area contributed by atoms with E-state index in [1.54, 1.807) is 12.1 Å². The summed E-state index contributed by atoms with van der Waals surface area (Å²) >= 11 is 0. The molecule has 1 N–H and O–H groups in total. The first-order chi connectivity index (χ1) is 9.36. The van der Waals surface area contributed by atoms with Crippen molar-refractivity contribution >= 4 is 5.69 Å². The lowest BCUT2D eigenvalue weighted by Crippen LogP contribution is -2.39. The van der Waals surface area contributed by atoms with E-state index in [-0.39, 0.29) is 5.69 Å². The van der Waals surface area contributed by atoms with Crippen molar-refractivity contribution in [3.8, 4) is 0 Å². The Kier molecular flexibility index (Phi) is 6.10. The van der Waals surface area contributed by atoms with E-state index in [2.05, 4.69) is 32.6 Å². The summed E-state index contributed by atoms with van der Waals surface area (Å²) in [5.74, 6) is 0.493. The first-order valence-corrected chi connectivity index (χ1v) is 7.03. The van der Waals surface area contributed by atoms with Crippen molar-refractivity contribution in [1.29, 1.82) is 0 Å². The molecule has 0 spiro atoms. The van der Waals surface area contributed by atoms with E-state index in [0.29, 0.717) is 24.1 Å². The maximum Gasteiger partial charge on any atom is 0.269 e. The molecule has 20 heavy (non-hydrogen) atoms. The van der Waals surface area contributed by atoms with Crippen LogP contribution in [0.3, 0.4) is 0 Å². The minimum absolute atomic E-state index is 0.0153. The molecule has 0 aromatic heterocycles. The average Bonchev–Trinajstić information content (AvgIpc) is 2.43. The third kappa shape index (κ3) is 4.28. The van der Waals surface area contributed by atoms with Gasteiger partial charge in [-0.05, 0) is 24.9 Å². The lowest BCUT2D eigenvalue weighted by atomic mass is 10.0. The highest BCUT2D eigenvalue weighted by molar-refractivity contribution is 5.35. The number of aliphatic hydroxyl groups excluding tert-OH is 1. The van der Waals surface area contributed by atoms with Gasteiger partial charge in [0.2, 0.25) is 0 Å². The first-order valence-electron chi connectivity index (χ1n) is 7.03. The molecule has 5 nitrogen and oxygen atoms in total. The summed E-state index contributed by atoms with van der Waals surface area (Å²) in [5.41, 5.74) is 0.607. The van der Waals surface area contributed by atoms with E-state index in [1.165, 1.54) is 12.1 Å². The van der Waals surface area contributed by atoms with Crippen LogP contribution in [0.1, 0.15) is 39.4 Å². The van der Waals surface area contributed by atoms with Crippen LogP contribution in [-0.4, -0.2) is 34.1 Å². The summed E-state index contributed by atoms with van der Waals surface area (Å²) in [6, 6.07) is 6.57. The van der Waals surface area contributed by atoms with Gasteiger partial charge in [0, 0.05) is 24.7 Å². The van der Waals surface area contributed by atoms with Gasteiger partial charge in [-0.1, -0.05) is 32.9 Å². The van der Waals surface area contributed by atoms with Crippen LogP contribution in [-0.2, 0) is 0 Å². The Morgan fingerprint density at radius 2 is 2.00 bits per heavy atom. The van der Waals surface area contributed by atoms with Gasteiger partial charge in [-0.25, -0.2) is 0 Å². The zero-order valence-electron chi connectivity index (χ0n) is 12.6. The second kappa shape index (κ2) is 7.36. The molecule has 0 aliphatic carbocycles. The largest absolute Gasteiger partial charge is 0.387 e. The SMILES string of the molecule is CCN(CC(O)c1cccc([N+](=O)[O-])c1)C(C)C(C)C. The molecule has 0 amide bonds. The van der Waals surface area contributed by atoms with Crippen molar-refractivity contribution in [2.75, 3.05) is 13.1 Å². The van der Waals surface area contributed by atoms with Crippen LogP contribution < -0.4 is 0 Å². The molecular formula is C15H24N2O3. The Morgan fingerprint density at radius 3 is 2.50 bits per heavy atom. The standard InChI is InChI=1S/C15H24N2O3/c1-5-16(12(4)11(2)3)10-15(18)13-7-6-8-14(9-13)17(19)20/h6-9,11-12,15,18H,5,10H2,1-4H3. The van der Waals surface area contributed by atoms with Crippen LogP contribution >= 0.6 is 0 Å². The molecule has 112 valence electrons. The number of hydrogen-bond acceptors (Lipinski definition) is 4. The second-order valence-electron chi connectivity index (χ2n) is 5.44. The molecule has 2 atom stereocenters. The van der Waals surface area contributed by atoms with Crippen LogP contribution in [0.25, 0.3) is 0 Å². The van der Waals surface area contributed by atoms with E-state index in [4.69, 9.17) is 0 Å². The number of nitro benzene ring substituents is 1. The van der Waals surface area contributed by atoms with Crippen LogP contribution in [0.5, 0.6) is 0 Å². The number of likely N-dealkylation sites (N-methyl/N-ethyl adjacent to an activating group) is 1. The fraction of sp³-hybridized carbons (Fsp3) is 0.600. The number of hydrogen-bond donors (Lipinski definition) is 1. The minimum Gasteiger partial charge on any atom is -0.387 e. The lowest BCUT2D eigenvalue weighted by Gasteiger charge is -2.32. The number of aliphatic hydroxyl groups is 1. The van der Waals surface area contributed by atoms with Crippen LogP contribution in [0.15, 0.2) is 24.3 Å². The first kappa shape index (κ1) is 16.6. The Bertz CT molecular complexity index is 448. The maximum atomic E-state index is 10.8. The Hall–Kier alpha value is -1.46. The van der Waals surface area contributed by atoms with E-state index in [9.17, 15) is 15.2 Å². The highest BCUT2D eigenvalue weighted by Gasteiger charge is 2.20. The number of nitrogens with zero attached hydrogens (tertiary/aromatic N) is 2. The smallest absolute Gasteiger partial charge is 0.269 e. The molecule has 0 heterocycles. The summed E-state index contributed by atoms with van der Waals surface area (Å²) in [5, 5.41) is 21.1. The summed E-state index contributed by atoms with van der Waals surface area (Å²) in [6.07, 6.45) is -0.712. The monoisotopic (exact) mass is 280 g/mol. The van der Waals surface area contributed by atoms with Crippen molar-refractivity contribution in [3.05, 3.63) is 39.9 Å². The van der Waals surface area contributed by atoms with Crippen molar-refractivity contribution in [3.63, 3.8) is 0 Å². The van der Waals surface area contributed by atoms with Gasteiger partial charge in [0.15, 0.2) is 0 Å². The predicted molar refractivity (Wildman–Crippen MR) is 79.6 cm³/mol. The van der Waals surface area contributed by atoms with Crippen LogP contribution in [0.4, 0.5) is 5.69 Å². The number of benzene rings is 1. The topological polar surface area (TPSA) is 66.6 Å². The van der Waals surface area contributed by atoms with Gasteiger partial charge in [0.1, 0.15) is 0 Å². The molecule has 0 aliphatic heterocycles. The third-order valence-electron chi connectivity index (χ3n) is 3.82. The molecule has 1 rings (SSSR count). The van der Waals surface area contributed by atoms with Crippen LogP contribution in [0, 0.1) is 16.0 Å². The minimum atomic E-state index is -0.712. The zero-order chi connectivity index (χ0) is 15.3. The van der Waals surface area contributed by atoms with Crippen molar-refractivity contribution in [1.82, 2.24) is 4.90 Å². The number of non-ortho nitro benzene ring substituents is 1. The van der Waals surface area contributed by atoms with E-state index in [0.717, 1.165) is 6.54 Å². The predicted octanol–water partition coefficient (Wildman–Crippen LogP) is 2.99. The van der Waals surface area contributed by atoms with Crippen LogP contribution in [0.2, 0.25) is 0 Å². The van der Waals surface area contributed by atoms with E-state index in [1.807, 2.05) is 0 Å². The molecule has 5 heteroatoms. The van der Waals surface area contributed by atoms with Gasteiger partial charge in [0.25, 0.3) is 5.69 Å². The Balaban J connectivity index is 2.81. The van der Waals surface area contributed by atoms with E-state index < -0.39 is 11.0 Å². The van der Waals surface area contributed by atoms with E-state index >= 15 is 0 Å². The highest BCUT2D eigenvalue weighted by atomic mass is 16.6. The molecule has 1 aromatic carbocycles. The Labute approximate surface area is 120 Å². The summed E-state index contributed by atoms with van der Waals surface area (Å²) in [4.78, 5) is 12.5. The zero-order valence-corrected chi connectivity index (χ0v) is 12.6. The van der Waals surface area contributed by atoms with Gasteiger partial charge in [-0.15, -0.1) is 0 Å². The summed E-state index contributed by atoms with van der Waals surface area (Å²) in [7, 11) is 0. The van der Waals surface area contributed by atoms with Crippen molar-refractivity contribution < 1.29 is 10.0 Å². The van der Waals surface area contributed by atoms with Gasteiger partial charge in [-0.2, -0.15) is 0 Å². The maximum absolute atomic E-state index is 10.8. The third-order valence-corrected chi connectivity index (χ3v) is 3.82. The molecule has 1 aromatic rings. The van der Waals surface area contributed by atoms with Gasteiger partial charge in [0.05, 0.1) is 11.0 Å². The van der Waals surface area contributed by atoms with Crippen molar-refractivity contribution in [2.24, 2.45) is 5.92 Å². The molecule has 0 saturated carbocycles. The number of nitro groups is 1. The van der Waals surface area contributed by atoms with Crippen molar-refractivity contribution in [2.45, 2.75) is 39.8 Å². The van der Waals surface area contributed by atoms with Gasteiger partial charge < -0.3 is 5.11 Å². The summed E-state index contributed by atoms with van der Waals surface area (Å²) in [6.45, 7) is 9.80. The molecule has 2 unspecified atom stereocenters. The lowest BCUT2D eigenvalue weighted by molar-refractivity contribution is -0.385. The van der Waals surface area contributed by atoms with Gasteiger partial charge in [-0.3, -0.25) is 15.0 Å². The molecule has 0 aliphatic rings. The number of rotatable bonds is 7. The molecule has 0 fully saturated rings. The second-order valence-corrected chi connectivity index (χ2v) is 5.44. The molecule has 0 bridgehead atoms.